The lowest BCUT2D eigenvalue weighted by molar-refractivity contribution is -0.127. The minimum atomic E-state index is -0.0454. The number of nitrogens with one attached hydrogen (secondary N) is 1. The summed E-state index contributed by atoms with van der Waals surface area (Å²) in [6, 6.07) is 6.52. The molecule has 0 aromatic heterocycles. The van der Waals surface area contributed by atoms with Gasteiger partial charge in [0.15, 0.2) is 11.5 Å². The lowest BCUT2D eigenvalue weighted by Gasteiger charge is -2.37. The number of nitrogens with zero attached hydrogens (tertiary/aromatic N) is 2. The van der Waals surface area contributed by atoms with Gasteiger partial charge in [-0.05, 0) is 37.5 Å². The Balaban J connectivity index is 1.23. The van der Waals surface area contributed by atoms with Crippen LogP contribution in [0.15, 0.2) is 18.2 Å². The van der Waals surface area contributed by atoms with Crippen LogP contribution in [0.3, 0.4) is 0 Å². The molecule has 1 saturated carbocycles. The molecule has 2 fully saturated rings. The van der Waals surface area contributed by atoms with E-state index in [0.717, 1.165) is 57.1 Å². The minimum Gasteiger partial charge on any atom is -0.454 e. The Bertz CT molecular complexity index is 665. The summed E-state index contributed by atoms with van der Waals surface area (Å²) in [6.07, 6.45) is 7.40. The normalized spacial score (nSPS) is 22.6. The highest BCUT2D eigenvalue weighted by Gasteiger charge is 2.27. The van der Waals surface area contributed by atoms with Crippen molar-refractivity contribution < 1.29 is 14.3 Å². The van der Waals surface area contributed by atoms with E-state index >= 15 is 0 Å². The highest BCUT2D eigenvalue weighted by Crippen LogP contribution is 2.32. The minimum absolute atomic E-state index is 0.0454. The van der Waals surface area contributed by atoms with Gasteiger partial charge in [-0.25, -0.2) is 0 Å². The average molecular weight is 388 g/mol. The van der Waals surface area contributed by atoms with Crippen molar-refractivity contribution in [1.29, 1.82) is 0 Å². The van der Waals surface area contributed by atoms with Crippen molar-refractivity contribution in [3.63, 3.8) is 0 Å². The van der Waals surface area contributed by atoms with Gasteiger partial charge in [0.2, 0.25) is 12.7 Å². The second kappa shape index (κ2) is 9.14. The van der Waals surface area contributed by atoms with Gasteiger partial charge in [-0.1, -0.05) is 31.7 Å². The second-order valence-corrected chi connectivity index (χ2v) is 8.37. The summed E-state index contributed by atoms with van der Waals surface area (Å²) in [7, 11) is 0. The fraction of sp³-hybridized carbons (Fsp3) is 0.682. The topological polar surface area (TPSA) is 54.0 Å². The predicted molar refractivity (Wildman–Crippen MR) is 109 cm³/mol. The standard InChI is InChI=1S/C22H33N3O3/c1-17(22(26)23-19-6-4-2-3-5-7-19)25-12-10-24(11-13-25)15-18-8-9-20-21(14-18)28-16-27-20/h8-9,14,17,19H,2-7,10-13,15-16H2,1H3,(H,23,26)/t17-/m1/s1. The molecule has 6 heteroatoms. The van der Waals surface area contributed by atoms with Crippen LogP contribution >= 0.6 is 0 Å². The van der Waals surface area contributed by atoms with Crippen molar-refractivity contribution in [2.24, 2.45) is 0 Å². The summed E-state index contributed by atoms with van der Waals surface area (Å²) < 4.78 is 10.9. The summed E-state index contributed by atoms with van der Waals surface area (Å²) in [5, 5.41) is 3.31. The Labute approximate surface area is 168 Å². The zero-order chi connectivity index (χ0) is 19.3. The molecule has 3 aliphatic rings. The number of carbonyl (C=O) groups excluding carboxylic acids is 1. The van der Waals surface area contributed by atoms with E-state index in [9.17, 15) is 4.79 Å². The van der Waals surface area contributed by atoms with Crippen LogP contribution < -0.4 is 14.8 Å². The number of rotatable bonds is 5. The van der Waals surface area contributed by atoms with Crippen LogP contribution in [0.25, 0.3) is 0 Å². The Kier molecular flexibility index (Phi) is 6.37. The van der Waals surface area contributed by atoms with Crippen LogP contribution in [0.4, 0.5) is 0 Å². The third-order valence-electron chi connectivity index (χ3n) is 6.38. The number of benzene rings is 1. The van der Waals surface area contributed by atoms with E-state index in [0.29, 0.717) is 12.8 Å². The van der Waals surface area contributed by atoms with Crippen LogP contribution in [0.2, 0.25) is 0 Å². The third-order valence-corrected chi connectivity index (χ3v) is 6.38. The molecule has 0 spiro atoms. The molecule has 28 heavy (non-hydrogen) atoms. The van der Waals surface area contributed by atoms with Gasteiger partial charge < -0.3 is 14.8 Å². The number of hydrogen-bond acceptors (Lipinski definition) is 5. The number of amides is 1. The highest BCUT2D eigenvalue weighted by molar-refractivity contribution is 5.81. The van der Waals surface area contributed by atoms with Gasteiger partial charge in [0.05, 0.1) is 6.04 Å². The van der Waals surface area contributed by atoms with Crippen LogP contribution in [0.1, 0.15) is 51.0 Å². The Morgan fingerprint density at radius 1 is 1.07 bits per heavy atom. The lowest BCUT2D eigenvalue weighted by atomic mass is 10.1. The van der Waals surface area contributed by atoms with E-state index in [1.807, 2.05) is 6.07 Å². The molecule has 4 rings (SSSR count). The first-order chi connectivity index (χ1) is 13.7. The van der Waals surface area contributed by atoms with Crippen LogP contribution in [0, 0.1) is 0 Å². The van der Waals surface area contributed by atoms with Crippen molar-refractivity contribution in [2.75, 3.05) is 33.0 Å². The largest absolute Gasteiger partial charge is 0.454 e. The summed E-state index contributed by atoms with van der Waals surface area (Å²) in [5.41, 5.74) is 1.25. The summed E-state index contributed by atoms with van der Waals surface area (Å²) in [5.74, 6) is 1.89. The van der Waals surface area contributed by atoms with Gasteiger partial charge in [0.1, 0.15) is 0 Å². The van der Waals surface area contributed by atoms with Crippen molar-refractivity contribution in [1.82, 2.24) is 15.1 Å². The van der Waals surface area contributed by atoms with Gasteiger partial charge in [0, 0.05) is 38.8 Å². The van der Waals surface area contributed by atoms with Crippen molar-refractivity contribution >= 4 is 5.91 Å². The zero-order valence-electron chi connectivity index (χ0n) is 17.0. The molecule has 0 unspecified atom stereocenters. The SMILES string of the molecule is C[C@H](C(=O)NC1CCCCCC1)N1CCN(Cc2ccc3c(c2)OCO3)CC1. The van der Waals surface area contributed by atoms with Gasteiger partial charge in [-0.3, -0.25) is 14.6 Å². The van der Waals surface area contributed by atoms with Gasteiger partial charge in [0.25, 0.3) is 0 Å². The van der Waals surface area contributed by atoms with Crippen molar-refractivity contribution in [3.05, 3.63) is 23.8 Å². The molecule has 1 saturated heterocycles. The summed E-state index contributed by atoms with van der Waals surface area (Å²) >= 11 is 0. The quantitative estimate of drug-likeness (QED) is 0.788. The first kappa shape index (κ1) is 19.5. The Morgan fingerprint density at radius 3 is 2.54 bits per heavy atom. The maximum atomic E-state index is 12.7. The molecular formula is C22H33N3O3. The molecule has 1 aromatic carbocycles. The summed E-state index contributed by atoms with van der Waals surface area (Å²) in [4.78, 5) is 17.5. The molecule has 2 heterocycles. The van der Waals surface area contributed by atoms with E-state index in [1.54, 1.807) is 0 Å². The average Bonchev–Trinajstić information content (AvgIpc) is 3.03. The molecule has 1 aromatic rings. The molecule has 2 aliphatic heterocycles. The smallest absolute Gasteiger partial charge is 0.237 e. The first-order valence-corrected chi connectivity index (χ1v) is 10.8. The van der Waals surface area contributed by atoms with Crippen LogP contribution in [-0.4, -0.2) is 60.8 Å². The fourth-order valence-corrected chi connectivity index (χ4v) is 4.52. The number of carbonyl (C=O) groups is 1. The highest BCUT2D eigenvalue weighted by atomic mass is 16.7. The molecule has 1 atom stereocenters. The monoisotopic (exact) mass is 387 g/mol. The Morgan fingerprint density at radius 2 is 1.79 bits per heavy atom. The van der Waals surface area contributed by atoms with Gasteiger partial charge >= 0.3 is 0 Å². The Hall–Kier alpha value is -1.79. The van der Waals surface area contributed by atoms with Crippen LogP contribution in [-0.2, 0) is 11.3 Å². The second-order valence-electron chi connectivity index (χ2n) is 8.37. The van der Waals surface area contributed by atoms with Crippen LogP contribution in [0.5, 0.6) is 11.5 Å². The maximum Gasteiger partial charge on any atom is 0.237 e. The van der Waals surface area contributed by atoms with E-state index in [2.05, 4.69) is 34.2 Å². The molecule has 0 radical (unpaired) electrons. The molecule has 1 aliphatic carbocycles. The molecule has 1 N–H and O–H groups in total. The van der Waals surface area contributed by atoms with E-state index in [1.165, 1.54) is 31.2 Å². The predicted octanol–water partition coefficient (Wildman–Crippen LogP) is 2.76. The van der Waals surface area contributed by atoms with Gasteiger partial charge in [-0.15, -0.1) is 0 Å². The van der Waals surface area contributed by atoms with E-state index in [-0.39, 0.29) is 11.9 Å². The molecule has 6 nitrogen and oxygen atoms in total. The number of ether oxygens (including phenoxy) is 2. The van der Waals surface area contributed by atoms with Crippen molar-refractivity contribution in [3.8, 4) is 11.5 Å². The van der Waals surface area contributed by atoms with Gasteiger partial charge in [-0.2, -0.15) is 0 Å². The zero-order valence-corrected chi connectivity index (χ0v) is 17.0. The molecule has 154 valence electrons. The van der Waals surface area contributed by atoms with E-state index < -0.39 is 0 Å². The maximum absolute atomic E-state index is 12.7. The number of piperazine rings is 1. The third kappa shape index (κ3) is 4.78. The van der Waals surface area contributed by atoms with Crippen molar-refractivity contribution in [2.45, 2.75) is 64.1 Å². The lowest BCUT2D eigenvalue weighted by Crippen LogP contribution is -2.54. The molecule has 0 bridgehead atoms. The van der Waals surface area contributed by atoms with E-state index in [4.69, 9.17) is 9.47 Å². The molecular weight excluding hydrogens is 354 g/mol. The number of hydrogen-bond donors (Lipinski definition) is 1. The number of fused-ring (bicyclic) bond motifs is 1. The summed E-state index contributed by atoms with van der Waals surface area (Å²) in [6.45, 7) is 7.11. The fourth-order valence-electron chi connectivity index (χ4n) is 4.52. The molecule has 1 amide bonds. The first-order valence-electron chi connectivity index (χ1n) is 10.8.